The standard InChI is InChI=1S/C18H33N3O2/c1-3-23-16-13-15(18(16)9-5-4-6-10-18)20-17(22)19-14-7-11-21(2)12-8-14/h14-16H,3-13H2,1-2H3,(H2,19,20,22)/t15-,16-/m1/s1. The van der Waals surface area contributed by atoms with E-state index in [0.717, 1.165) is 39.0 Å². The highest BCUT2D eigenvalue weighted by Gasteiger charge is 2.56. The molecule has 0 aromatic carbocycles. The predicted molar refractivity (Wildman–Crippen MR) is 91.5 cm³/mol. The fraction of sp³-hybridized carbons (Fsp3) is 0.944. The summed E-state index contributed by atoms with van der Waals surface area (Å²) in [5.74, 6) is 0. The van der Waals surface area contributed by atoms with E-state index in [2.05, 4.69) is 29.5 Å². The van der Waals surface area contributed by atoms with Crippen LogP contribution < -0.4 is 10.6 Å². The van der Waals surface area contributed by atoms with Gasteiger partial charge in [-0.05, 0) is 59.2 Å². The number of nitrogens with zero attached hydrogens (tertiary/aromatic N) is 1. The number of amides is 2. The molecule has 132 valence electrons. The first-order chi connectivity index (χ1) is 11.1. The highest BCUT2D eigenvalue weighted by molar-refractivity contribution is 5.75. The monoisotopic (exact) mass is 323 g/mol. The van der Waals surface area contributed by atoms with Gasteiger partial charge in [-0.2, -0.15) is 0 Å². The molecule has 5 heteroatoms. The number of hydrogen-bond acceptors (Lipinski definition) is 3. The molecule has 0 unspecified atom stereocenters. The zero-order valence-electron chi connectivity index (χ0n) is 14.8. The van der Waals surface area contributed by atoms with Crippen LogP contribution in [0.15, 0.2) is 0 Å². The number of urea groups is 1. The van der Waals surface area contributed by atoms with Crippen LogP contribution in [0.1, 0.15) is 58.3 Å². The number of likely N-dealkylation sites (tertiary alicyclic amines) is 1. The number of hydrogen-bond donors (Lipinski definition) is 2. The maximum Gasteiger partial charge on any atom is 0.315 e. The summed E-state index contributed by atoms with van der Waals surface area (Å²) in [4.78, 5) is 14.7. The topological polar surface area (TPSA) is 53.6 Å². The summed E-state index contributed by atoms with van der Waals surface area (Å²) in [5.41, 5.74) is 0.207. The van der Waals surface area contributed by atoms with E-state index in [0.29, 0.717) is 18.2 Å². The maximum absolute atomic E-state index is 12.4. The lowest BCUT2D eigenvalue weighted by Crippen LogP contribution is -2.66. The number of rotatable bonds is 4. The molecular weight excluding hydrogens is 290 g/mol. The highest BCUT2D eigenvalue weighted by atomic mass is 16.5. The molecule has 2 N–H and O–H groups in total. The summed E-state index contributed by atoms with van der Waals surface area (Å²) in [5, 5.41) is 6.47. The van der Waals surface area contributed by atoms with Crippen LogP contribution in [0.2, 0.25) is 0 Å². The van der Waals surface area contributed by atoms with E-state index in [4.69, 9.17) is 4.74 Å². The minimum atomic E-state index is 0.0319. The summed E-state index contributed by atoms with van der Waals surface area (Å²) in [6.45, 7) is 5.00. The van der Waals surface area contributed by atoms with Crippen molar-refractivity contribution in [3.8, 4) is 0 Å². The van der Waals surface area contributed by atoms with Crippen molar-refractivity contribution in [2.45, 2.75) is 76.5 Å². The Balaban J connectivity index is 1.51. The van der Waals surface area contributed by atoms with E-state index < -0.39 is 0 Å². The van der Waals surface area contributed by atoms with Crippen molar-refractivity contribution < 1.29 is 9.53 Å². The minimum absolute atomic E-state index is 0.0319. The first-order valence-electron chi connectivity index (χ1n) is 9.51. The van der Waals surface area contributed by atoms with Gasteiger partial charge in [0.05, 0.1) is 6.10 Å². The van der Waals surface area contributed by atoms with Crippen LogP contribution in [0.5, 0.6) is 0 Å². The van der Waals surface area contributed by atoms with Crippen LogP contribution in [0, 0.1) is 5.41 Å². The quantitative estimate of drug-likeness (QED) is 0.836. The van der Waals surface area contributed by atoms with E-state index in [1.807, 2.05) is 0 Å². The second kappa shape index (κ2) is 7.39. The van der Waals surface area contributed by atoms with Gasteiger partial charge in [0.15, 0.2) is 0 Å². The van der Waals surface area contributed by atoms with Gasteiger partial charge in [-0.3, -0.25) is 0 Å². The third kappa shape index (κ3) is 3.66. The van der Waals surface area contributed by atoms with Gasteiger partial charge in [0.1, 0.15) is 0 Å². The van der Waals surface area contributed by atoms with Crippen LogP contribution in [-0.4, -0.2) is 55.9 Å². The fourth-order valence-electron chi connectivity index (χ4n) is 4.80. The van der Waals surface area contributed by atoms with E-state index in [1.165, 1.54) is 32.1 Å². The number of nitrogens with one attached hydrogen (secondary N) is 2. The van der Waals surface area contributed by atoms with Crippen molar-refractivity contribution in [3.05, 3.63) is 0 Å². The maximum atomic E-state index is 12.4. The van der Waals surface area contributed by atoms with Gasteiger partial charge in [-0.25, -0.2) is 4.79 Å². The van der Waals surface area contributed by atoms with Crippen molar-refractivity contribution in [1.29, 1.82) is 0 Å². The molecule has 3 rings (SSSR count). The Kier molecular flexibility index (Phi) is 5.47. The second-order valence-corrected chi connectivity index (χ2v) is 7.72. The van der Waals surface area contributed by atoms with Gasteiger partial charge in [0.25, 0.3) is 0 Å². The van der Waals surface area contributed by atoms with Gasteiger partial charge in [-0.1, -0.05) is 19.3 Å². The Bertz CT molecular complexity index is 401. The number of piperidine rings is 1. The molecule has 1 spiro atoms. The Morgan fingerprint density at radius 1 is 1.17 bits per heavy atom. The molecule has 0 bridgehead atoms. The molecule has 23 heavy (non-hydrogen) atoms. The molecule has 1 saturated heterocycles. The summed E-state index contributed by atoms with van der Waals surface area (Å²) >= 11 is 0. The first kappa shape index (κ1) is 17.0. The molecule has 2 aliphatic carbocycles. The molecule has 0 aromatic heterocycles. The largest absolute Gasteiger partial charge is 0.378 e. The van der Waals surface area contributed by atoms with Crippen molar-refractivity contribution in [3.63, 3.8) is 0 Å². The number of carbonyl (C=O) groups is 1. The zero-order chi connectivity index (χ0) is 16.3. The van der Waals surface area contributed by atoms with Crippen LogP contribution in [0.4, 0.5) is 4.79 Å². The molecular formula is C18H33N3O2. The molecule has 0 radical (unpaired) electrons. The van der Waals surface area contributed by atoms with Gasteiger partial charge in [0, 0.05) is 24.1 Å². The molecule has 0 aromatic rings. The minimum Gasteiger partial charge on any atom is -0.378 e. The smallest absolute Gasteiger partial charge is 0.315 e. The van der Waals surface area contributed by atoms with Crippen LogP contribution in [0.3, 0.4) is 0 Å². The molecule has 2 amide bonds. The highest BCUT2D eigenvalue weighted by Crippen LogP contribution is 2.53. The second-order valence-electron chi connectivity index (χ2n) is 7.72. The fourth-order valence-corrected chi connectivity index (χ4v) is 4.80. The lowest BCUT2D eigenvalue weighted by atomic mass is 9.55. The van der Waals surface area contributed by atoms with Crippen molar-refractivity contribution in [2.24, 2.45) is 5.41 Å². The van der Waals surface area contributed by atoms with Gasteiger partial charge >= 0.3 is 6.03 Å². The third-order valence-corrected chi connectivity index (χ3v) is 6.30. The zero-order valence-corrected chi connectivity index (χ0v) is 14.8. The Labute approximate surface area is 140 Å². The van der Waals surface area contributed by atoms with Gasteiger partial charge < -0.3 is 20.3 Å². The summed E-state index contributed by atoms with van der Waals surface area (Å²) in [7, 11) is 2.14. The Morgan fingerprint density at radius 3 is 2.52 bits per heavy atom. The SMILES string of the molecule is CCO[C@@H]1C[C@@H](NC(=O)NC2CCN(C)CC2)C12CCCCC2. The average Bonchev–Trinajstić information content (AvgIpc) is 2.57. The van der Waals surface area contributed by atoms with Gasteiger partial charge in [-0.15, -0.1) is 0 Å². The average molecular weight is 323 g/mol. The lowest BCUT2D eigenvalue weighted by Gasteiger charge is -2.57. The Hall–Kier alpha value is -0.810. The van der Waals surface area contributed by atoms with Crippen LogP contribution in [0.25, 0.3) is 0 Å². The number of carbonyl (C=O) groups excluding carboxylic acids is 1. The molecule has 1 aliphatic heterocycles. The lowest BCUT2D eigenvalue weighted by molar-refractivity contribution is -0.146. The van der Waals surface area contributed by atoms with Crippen molar-refractivity contribution in [1.82, 2.24) is 15.5 Å². The molecule has 5 nitrogen and oxygen atoms in total. The molecule has 1 heterocycles. The van der Waals surface area contributed by atoms with E-state index in [1.54, 1.807) is 0 Å². The summed E-state index contributed by atoms with van der Waals surface area (Å²) in [6.07, 6.45) is 9.73. The van der Waals surface area contributed by atoms with Crippen molar-refractivity contribution >= 4 is 6.03 Å². The summed E-state index contributed by atoms with van der Waals surface area (Å²) in [6, 6.07) is 0.659. The van der Waals surface area contributed by atoms with Crippen LogP contribution >= 0.6 is 0 Å². The molecule has 3 fully saturated rings. The summed E-state index contributed by atoms with van der Waals surface area (Å²) < 4.78 is 5.97. The van der Waals surface area contributed by atoms with Crippen molar-refractivity contribution in [2.75, 3.05) is 26.7 Å². The van der Waals surface area contributed by atoms with E-state index in [9.17, 15) is 4.79 Å². The molecule has 3 aliphatic rings. The van der Waals surface area contributed by atoms with E-state index in [-0.39, 0.29) is 11.4 Å². The predicted octanol–water partition coefficient (Wildman–Crippen LogP) is 2.51. The first-order valence-corrected chi connectivity index (χ1v) is 9.51. The Morgan fingerprint density at radius 2 is 1.87 bits per heavy atom. The van der Waals surface area contributed by atoms with Crippen LogP contribution in [-0.2, 0) is 4.74 Å². The molecule has 2 saturated carbocycles. The van der Waals surface area contributed by atoms with E-state index >= 15 is 0 Å². The molecule has 2 atom stereocenters. The third-order valence-electron chi connectivity index (χ3n) is 6.30. The number of ether oxygens (including phenoxy) is 1. The normalized spacial score (nSPS) is 31.6. The van der Waals surface area contributed by atoms with Gasteiger partial charge in [0.2, 0.25) is 0 Å².